The Morgan fingerprint density at radius 2 is 1.72 bits per heavy atom. The molecule has 3 aliphatic rings. The van der Waals surface area contributed by atoms with E-state index < -0.39 is 12.2 Å². The van der Waals surface area contributed by atoms with Gasteiger partial charge in [-0.25, -0.2) is 4.79 Å². The van der Waals surface area contributed by atoms with Gasteiger partial charge in [0.25, 0.3) is 5.56 Å². The number of fused-ring (bicyclic) bond motifs is 1. The highest BCUT2D eigenvalue weighted by Crippen LogP contribution is 2.28. The van der Waals surface area contributed by atoms with Crippen molar-refractivity contribution in [1.29, 1.82) is 0 Å². The molecular weight excluding hydrogens is 456 g/mol. The molecule has 3 aliphatic heterocycles. The molecule has 0 aliphatic carbocycles. The summed E-state index contributed by atoms with van der Waals surface area (Å²) in [6.07, 6.45) is 7.17. The summed E-state index contributed by atoms with van der Waals surface area (Å²) in [5, 5.41) is 1.02. The first-order chi connectivity index (χ1) is 17.6. The number of aldehydes is 1. The van der Waals surface area contributed by atoms with Crippen LogP contribution in [0.2, 0.25) is 0 Å². The molecular formula is C28H38N4O4. The third-order valence-corrected chi connectivity index (χ3v) is 8.28. The Hall–Kier alpha value is -2.71. The molecule has 3 fully saturated rings. The minimum absolute atomic E-state index is 0.0557. The Morgan fingerprint density at radius 1 is 1.00 bits per heavy atom. The molecule has 36 heavy (non-hydrogen) atoms. The number of para-hydroxylation sites is 1. The van der Waals surface area contributed by atoms with Crippen molar-refractivity contribution < 1.29 is 14.3 Å². The van der Waals surface area contributed by atoms with Crippen LogP contribution in [0.1, 0.15) is 56.4 Å². The molecule has 0 radical (unpaired) electrons. The lowest BCUT2D eigenvalue weighted by Gasteiger charge is -2.40. The van der Waals surface area contributed by atoms with E-state index in [9.17, 15) is 14.4 Å². The van der Waals surface area contributed by atoms with E-state index in [1.807, 2.05) is 30.3 Å². The number of amides is 1. The molecule has 0 saturated carbocycles. The number of piperidine rings is 3. The Morgan fingerprint density at radius 3 is 2.44 bits per heavy atom. The summed E-state index contributed by atoms with van der Waals surface area (Å²) in [6.45, 7) is 5.80. The first-order valence-electron chi connectivity index (χ1n) is 13.6. The molecule has 1 atom stereocenters. The van der Waals surface area contributed by atoms with E-state index in [2.05, 4.69) is 14.8 Å². The van der Waals surface area contributed by atoms with E-state index in [1.165, 1.54) is 32.4 Å². The van der Waals surface area contributed by atoms with E-state index in [4.69, 9.17) is 4.74 Å². The molecule has 5 rings (SSSR count). The first kappa shape index (κ1) is 25.0. The van der Waals surface area contributed by atoms with Crippen LogP contribution in [0.3, 0.4) is 0 Å². The monoisotopic (exact) mass is 494 g/mol. The molecule has 1 unspecified atom stereocenters. The van der Waals surface area contributed by atoms with Crippen LogP contribution < -0.4 is 5.56 Å². The number of rotatable bonds is 6. The van der Waals surface area contributed by atoms with Crippen molar-refractivity contribution in [2.24, 2.45) is 0 Å². The number of carbonyl (C=O) groups is 2. The maximum atomic E-state index is 12.8. The van der Waals surface area contributed by atoms with Crippen molar-refractivity contribution in [2.45, 2.75) is 63.0 Å². The summed E-state index contributed by atoms with van der Waals surface area (Å²) >= 11 is 0. The fourth-order valence-electron chi connectivity index (χ4n) is 6.16. The van der Waals surface area contributed by atoms with Crippen LogP contribution in [-0.4, -0.2) is 90.0 Å². The van der Waals surface area contributed by atoms with Gasteiger partial charge in [-0.05, 0) is 88.1 Å². The second-order valence-corrected chi connectivity index (χ2v) is 10.6. The van der Waals surface area contributed by atoms with Crippen LogP contribution >= 0.6 is 0 Å². The number of nitrogens with zero attached hydrogens (tertiary/aromatic N) is 3. The van der Waals surface area contributed by atoms with Gasteiger partial charge in [0, 0.05) is 36.8 Å². The van der Waals surface area contributed by atoms with Crippen molar-refractivity contribution in [3.05, 3.63) is 46.2 Å². The number of nitrogens with one attached hydrogen (secondary N) is 1. The van der Waals surface area contributed by atoms with Gasteiger partial charge >= 0.3 is 6.09 Å². The summed E-state index contributed by atoms with van der Waals surface area (Å²) in [7, 11) is 0. The smallest absolute Gasteiger partial charge is 0.410 e. The molecule has 0 spiro atoms. The Balaban J connectivity index is 1.09. The highest BCUT2D eigenvalue weighted by molar-refractivity contribution is 5.78. The number of hydrogen-bond donors (Lipinski definition) is 1. The highest BCUT2D eigenvalue weighted by Gasteiger charge is 2.30. The van der Waals surface area contributed by atoms with Gasteiger partial charge in [-0.3, -0.25) is 14.5 Å². The van der Waals surface area contributed by atoms with E-state index >= 15 is 0 Å². The van der Waals surface area contributed by atoms with E-state index in [0.717, 1.165) is 48.7 Å². The number of benzene rings is 1. The fourth-order valence-corrected chi connectivity index (χ4v) is 6.16. The van der Waals surface area contributed by atoms with Crippen LogP contribution in [0, 0.1) is 0 Å². The minimum atomic E-state index is -0.745. The molecule has 0 bridgehead atoms. The number of ether oxygens (including phenoxy) is 1. The number of H-pyrrole nitrogens is 1. The lowest BCUT2D eigenvalue weighted by molar-refractivity contribution is -0.116. The molecule has 194 valence electrons. The van der Waals surface area contributed by atoms with Gasteiger partial charge in [0.2, 0.25) is 0 Å². The zero-order chi connectivity index (χ0) is 24.9. The molecule has 1 aromatic heterocycles. The number of pyridine rings is 1. The van der Waals surface area contributed by atoms with Gasteiger partial charge in [-0.1, -0.05) is 24.6 Å². The zero-order valence-corrected chi connectivity index (χ0v) is 21.1. The SMILES string of the molecule is O=CC(CN1CCC(N2CCCCC2)CC1)OC(=O)N1CCC(c2cc3ccccc3[nH]c2=O)CC1. The number of hydrogen-bond acceptors (Lipinski definition) is 6. The maximum Gasteiger partial charge on any atom is 0.410 e. The summed E-state index contributed by atoms with van der Waals surface area (Å²) in [5.41, 5.74) is 1.56. The third-order valence-electron chi connectivity index (χ3n) is 8.28. The van der Waals surface area contributed by atoms with Gasteiger partial charge in [-0.2, -0.15) is 0 Å². The number of carbonyl (C=O) groups excluding carboxylic acids is 2. The van der Waals surface area contributed by atoms with Gasteiger partial charge in [-0.15, -0.1) is 0 Å². The van der Waals surface area contributed by atoms with Crippen LogP contribution in [0.5, 0.6) is 0 Å². The number of aromatic amines is 1. The maximum absolute atomic E-state index is 12.8. The largest absolute Gasteiger partial charge is 0.437 e. The summed E-state index contributed by atoms with van der Waals surface area (Å²) in [4.78, 5) is 46.7. The first-order valence-corrected chi connectivity index (χ1v) is 13.6. The lowest BCUT2D eigenvalue weighted by Crippen LogP contribution is -2.49. The Labute approximate surface area is 212 Å². The van der Waals surface area contributed by atoms with Crippen LogP contribution in [0.25, 0.3) is 10.9 Å². The van der Waals surface area contributed by atoms with Gasteiger partial charge < -0.3 is 19.5 Å². The summed E-state index contributed by atoms with van der Waals surface area (Å²) in [6, 6.07) is 10.4. The molecule has 2 aromatic rings. The highest BCUT2D eigenvalue weighted by atomic mass is 16.6. The lowest BCUT2D eigenvalue weighted by atomic mass is 9.89. The summed E-state index contributed by atoms with van der Waals surface area (Å²) < 4.78 is 5.61. The predicted octanol–water partition coefficient (Wildman–Crippen LogP) is 3.36. The van der Waals surface area contributed by atoms with Gasteiger partial charge in [0.1, 0.15) is 0 Å². The zero-order valence-electron chi connectivity index (χ0n) is 21.1. The van der Waals surface area contributed by atoms with Crippen molar-refractivity contribution in [3.63, 3.8) is 0 Å². The average molecular weight is 495 g/mol. The molecule has 1 N–H and O–H groups in total. The molecule has 8 nitrogen and oxygen atoms in total. The second kappa shape index (κ2) is 11.6. The number of likely N-dealkylation sites (tertiary alicyclic amines) is 3. The van der Waals surface area contributed by atoms with Crippen LogP contribution in [0.15, 0.2) is 35.1 Å². The topological polar surface area (TPSA) is 85.9 Å². The average Bonchev–Trinajstić information content (AvgIpc) is 2.93. The number of aromatic nitrogens is 1. The molecule has 8 heteroatoms. The third kappa shape index (κ3) is 5.81. The molecule has 1 amide bonds. The molecule has 1 aromatic carbocycles. The Bertz CT molecular complexity index is 1100. The van der Waals surface area contributed by atoms with Crippen molar-refractivity contribution in [2.75, 3.05) is 45.8 Å². The van der Waals surface area contributed by atoms with Crippen LogP contribution in [-0.2, 0) is 9.53 Å². The summed E-state index contributed by atoms with van der Waals surface area (Å²) in [5.74, 6) is 0.102. The van der Waals surface area contributed by atoms with Crippen molar-refractivity contribution in [1.82, 2.24) is 19.7 Å². The standard InChI is InChI=1S/C28H38N4O4/c33-20-24(19-30-14-10-23(11-15-30)31-12-4-1-5-13-31)36-28(35)32-16-8-21(9-17-32)25-18-22-6-2-3-7-26(22)29-27(25)34/h2-3,6-7,18,20-21,23-24H,1,4-5,8-17,19H2,(H,29,34). The quantitative estimate of drug-likeness (QED) is 0.620. The van der Waals surface area contributed by atoms with E-state index in [-0.39, 0.29) is 11.5 Å². The normalized spacial score (nSPS) is 21.9. The minimum Gasteiger partial charge on any atom is -0.437 e. The van der Waals surface area contributed by atoms with Crippen molar-refractivity contribution in [3.8, 4) is 0 Å². The molecule has 3 saturated heterocycles. The second-order valence-electron chi connectivity index (χ2n) is 10.6. The van der Waals surface area contributed by atoms with Crippen molar-refractivity contribution >= 4 is 23.3 Å². The molecule has 4 heterocycles. The predicted molar refractivity (Wildman–Crippen MR) is 139 cm³/mol. The Kier molecular flexibility index (Phi) is 8.02. The van der Waals surface area contributed by atoms with E-state index in [0.29, 0.717) is 38.5 Å². The van der Waals surface area contributed by atoms with E-state index in [1.54, 1.807) is 4.90 Å². The van der Waals surface area contributed by atoms with Crippen LogP contribution in [0.4, 0.5) is 4.79 Å². The van der Waals surface area contributed by atoms with Gasteiger partial charge in [0.05, 0.1) is 0 Å². The van der Waals surface area contributed by atoms with Gasteiger partial charge in [0.15, 0.2) is 12.4 Å². The fraction of sp³-hybridized carbons (Fsp3) is 0.607.